The molecule has 0 aliphatic rings. The monoisotopic (exact) mass is 316 g/mol. The number of anilines is 1. The molecule has 0 spiro atoms. The maximum Gasteiger partial charge on any atom is 0.294 e. The van der Waals surface area contributed by atoms with E-state index >= 15 is 0 Å². The largest absolute Gasteiger partial charge is 0.318 e. The fraction of sp³-hybridized carbons (Fsp3) is 0.500. The number of nitrogen functional groups attached to an aromatic ring is 1. The number of benzene rings is 1. The highest BCUT2D eigenvalue weighted by Gasteiger charge is 2.28. The third-order valence-corrected chi connectivity index (χ3v) is 5.02. The van der Waals surface area contributed by atoms with Crippen molar-refractivity contribution in [3.63, 3.8) is 0 Å². The van der Waals surface area contributed by atoms with Crippen LogP contribution in [0.3, 0.4) is 0 Å². The van der Waals surface area contributed by atoms with Gasteiger partial charge in [-0.15, -0.1) is 0 Å². The van der Waals surface area contributed by atoms with Gasteiger partial charge in [0.15, 0.2) is 0 Å². The predicted octanol–water partition coefficient (Wildman–Crippen LogP) is 1.69. The van der Waals surface area contributed by atoms with Crippen molar-refractivity contribution in [3.8, 4) is 0 Å². The van der Waals surface area contributed by atoms with Gasteiger partial charge in [0.1, 0.15) is 5.69 Å². The molecule has 1 aromatic carbocycles. The van der Waals surface area contributed by atoms with Gasteiger partial charge in [-0.25, -0.2) is 8.42 Å². The lowest BCUT2D eigenvalue weighted by Gasteiger charge is -2.25. The van der Waals surface area contributed by atoms with Crippen LogP contribution in [-0.4, -0.2) is 30.2 Å². The van der Waals surface area contributed by atoms with E-state index in [1.54, 1.807) is 13.8 Å². The third-order valence-electron chi connectivity index (χ3n) is 2.95. The van der Waals surface area contributed by atoms with E-state index in [2.05, 4.69) is 5.43 Å². The first-order valence-electron chi connectivity index (χ1n) is 6.52. The summed E-state index contributed by atoms with van der Waals surface area (Å²) >= 11 is 0. The molecule has 0 radical (unpaired) electrons. The molecule has 0 aromatic heterocycles. The Morgan fingerprint density at radius 3 is 2.48 bits per heavy atom. The van der Waals surface area contributed by atoms with Crippen LogP contribution in [0.25, 0.3) is 0 Å². The van der Waals surface area contributed by atoms with Gasteiger partial charge in [-0.2, -0.15) is 4.31 Å². The first-order chi connectivity index (χ1) is 9.75. The van der Waals surface area contributed by atoms with E-state index < -0.39 is 14.9 Å². The van der Waals surface area contributed by atoms with E-state index in [0.29, 0.717) is 13.0 Å². The first kappa shape index (κ1) is 17.3. The molecule has 21 heavy (non-hydrogen) atoms. The zero-order chi connectivity index (χ0) is 16.2. The number of hydrogen-bond acceptors (Lipinski definition) is 6. The summed E-state index contributed by atoms with van der Waals surface area (Å²) in [7, 11) is -3.78. The summed E-state index contributed by atoms with van der Waals surface area (Å²) < 4.78 is 26.5. The number of rotatable bonds is 7. The lowest BCUT2D eigenvalue weighted by Crippen LogP contribution is -2.37. The summed E-state index contributed by atoms with van der Waals surface area (Å²) in [5, 5.41) is 11.0. The highest BCUT2D eigenvalue weighted by molar-refractivity contribution is 7.89. The number of nitrogens with two attached hydrogens (primary N) is 1. The Labute approximate surface area is 124 Å². The van der Waals surface area contributed by atoms with Crippen LogP contribution >= 0.6 is 0 Å². The normalized spacial score (nSPS) is 11.9. The number of nitro groups is 1. The van der Waals surface area contributed by atoms with Crippen molar-refractivity contribution >= 4 is 21.4 Å². The minimum atomic E-state index is -3.78. The second-order valence-electron chi connectivity index (χ2n) is 4.79. The summed E-state index contributed by atoms with van der Waals surface area (Å²) in [5.74, 6) is 5.19. The number of sulfonamides is 1. The smallest absolute Gasteiger partial charge is 0.294 e. The van der Waals surface area contributed by atoms with Gasteiger partial charge in [-0.1, -0.05) is 6.92 Å². The van der Waals surface area contributed by atoms with Gasteiger partial charge in [0.25, 0.3) is 5.69 Å². The minimum absolute atomic E-state index is 0.0607. The zero-order valence-electron chi connectivity index (χ0n) is 12.2. The number of nitro benzene ring substituents is 1. The second-order valence-corrected chi connectivity index (χ2v) is 6.68. The Kier molecular flexibility index (Phi) is 5.64. The fourth-order valence-electron chi connectivity index (χ4n) is 1.96. The van der Waals surface area contributed by atoms with Gasteiger partial charge in [0.05, 0.1) is 9.82 Å². The first-order valence-corrected chi connectivity index (χ1v) is 7.96. The molecular weight excluding hydrogens is 296 g/mol. The van der Waals surface area contributed by atoms with E-state index in [4.69, 9.17) is 5.84 Å². The van der Waals surface area contributed by atoms with Gasteiger partial charge in [-0.05, 0) is 32.4 Å². The molecule has 0 aliphatic carbocycles. The molecule has 1 rings (SSSR count). The Hall–Kier alpha value is -1.71. The van der Waals surface area contributed by atoms with Gasteiger partial charge in [-0.3, -0.25) is 16.0 Å². The van der Waals surface area contributed by atoms with Gasteiger partial charge < -0.3 is 5.43 Å². The van der Waals surface area contributed by atoms with Gasteiger partial charge in [0.2, 0.25) is 10.0 Å². The molecule has 0 aliphatic heterocycles. The Bertz CT molecular complexity index is 616. The van der Waals surface area contributed by atoms with Crippen molar-refractivity contribution in [1.29, 1.82) is 0 Å². The molecule has 0 unspecified atom stereocenters. The van der Waals surface area contributed by atoms with Crippen LogP contribution in [0, 0.1) is 10.1 Å². The SMILES string of the molecule is CCCN(C(C)C)S(=O)(=O)c1ccc(NN)c([N+](=O)[O-])c1. The third kappa shape index (κ3) is 3.69. The molecule has 8 nitrogen and oxygen atoms in total. The maximum absolute atomic E-state index is 12.6. The molecule has 0 saturated carbocycles. The molecule has 3 N–H and O–H groups in total. The fourth-order valence-corrected chi connectivity index (χ4v) is 3.71. The molecule has 0 heterocycles. The molecule has 9 heteroatoms. The summed E-state index contributed by atoms with van der Waals surface area (Å²) in [5.41, 5.74) is 1.87. The molecule has 0 fully saturated rings. The van der Waals surface area contributed by atoms with E-state index in [0.717, 1.165) is 6.07 Å². The molecule has 0 saturated heterocycles. The van der Waals surface area contributed by atoms with Crippen LogP contribution in [0.2, 0.25) is 0 Å². The summed E-state index contributed by atoms with van der Waals surface area (Å²) in [6, 6.07) is 3.38. The van der Waals surface area contributed by atoms with Crippen molar-refractivity contribution in [3.05, 3.63) is 28.3 Å². The van der Waals surface area contributed by atoms with Crippen molar-refractivity contribution < 1.29 is 13.3 Å². The predicted molar refractivity (Wildman–Crippen MR) is 80.2 cm³/mol. The maximum atomic E-state index is 12.6. The van der Waals surface area contributed by atoms with Crippen molar-refractivity contribution in [1.82, 2.24) is 4.31 Å². The number of hydrogen-bond donors (Lipinski definition) is 2. The topological polar surface area (TPSA) is 119 Å². The van der Waals surface area contributed by atoms with E-state index in [1.807, 2.05) is 6.92 Å². The average molecular weight is 316 g/mol. The van der Waals surface area contributed by atoms with Crippen LogP contribution in [0.1, 0.15) is 27.2 Å². The van der Waals surface area contributed by atoms with Crippen LogP contribution in [-0.2, 0) is 10.0 Å². The Balaban J connectivity index is 3.37. The van der Waals surface area contributed by atoms with Crippen LogP contribution in [0.15, 0.2) is 23.1 Å². The molecule has 0 atom stereocenters. The summed E-state index contributed by atoms with van der Waals surface area (Å²) in [4.78, 5) is 10.2. The summed E-state index contributed by atoms with van der Waals surface area (Å²) in [6.07, 6.45) is 0.655. The van der Waals surface area contributed by atoms with E-state index in [1.165, 1.54) is 16.4 Å². The van der Waals surface area contributed by atoms with Crippen LogP contribution in [0.5, 0.6) is 0 Å². The van der Waals surface area contributed by atoms with Crippen molar-refractivity contribution in [2.24, 2.45) is 5.84 Å². The number of nitrogens with one attached hydrogen (secondary N) is 1. The van der Waals surface area contributed by atoms with Gasteiger partial charge >= 0.3 is 0 Å². The average Bonchev–Trinajstić information content (AvgIpc) is 2.43. The second kappa shape index (κ2) is 6.83. The Morgan fingerprint density at radius 1 is 1.43 bits per heavy atom. The van der Waals surface area contributed by atoms with E-state index in [-0.39, 0.29) is 22.3 Å². The highest BCUT2D eigenvalue weighted by atomic mass is 32.2. The number of hydrazine groups is 1. The summed E-state index contributed by atoms with van der Waals surface area (Å²) in [6.45, 7) is 5.74. The van der Waals surface area contributed by atoms with E-state index in [9.17, 15) is 18.5 Å². The number of nitrogens with zero attached hydrogens (tertiary/aromatic N) is 2. The van der Waals surface area contributed by atoms with Crippen LogP contribution < -0.4 is 11.3 Å². The zero-order valence-corrected chi connectivity index (χ0v) is 13.1. The molecule has 0 bridgehead atoms. The van der Waals surface area contributed by atoms with Crippen molar-refractivity contribution in [2.45, 2.75) is 38.1 Å². The molecule has 118 valence electrons. The minimum Gasteiger partial charge on any atom is -0.318 e. The lowest BCUT2D eigenvalue weighted by atomic mass is 10.3. The lowest BCUT2D eigenvalue weighted by molar-refractivity contribution is -0.384. The Morgan fingerprint density at radius 2 is 2.05 bits per heavy atom. The molecular formula is C12H20N4O4S. The molecule has 1 aromatic rings. The van der Waals surface area contributed by atoms with Crippen molar-refractivity contribution in [2.75, 3.05) is 12.0 Å². The van der Waals surface area contributed by atoms with Crippen LogP contribution in [0.4, 0.5) is 11.4 Å². The highest BCUT2D eigenvalue weighted by Crippen LogP contribution is 2.28. The quantitative estimate of drug-likeness (QED) is 0.449. The standard InChI is InChI=1S/C12H20N4O4S/c1-4-7-15(9(2)3)21(19,20)10-5-6-11(14-13)12(8-10)16(17)18/h5-6,8-9,14H,4,7,13H2,1-3H3. The van der Waals surface area contributed by atoms with Gasteiger partial charge in [0, 0.05) is 18.7 Å². The molecule has 0 amide bonds.